The Morgan fingerprint density at radius 2 is 1.22 bits per heavy atom. The van der Waals surface area contributed by atoms with Crippen molar-refractivity contribution in [1.29, 1.82) is 0 Å². The Morgan fingerprint density at radius 3 is 1.22 bits per heavy atom. The summed E-state index contributed by atoms with van der Waals surface area (Å²) < 4.78 is 0. The second-order valence-corrected chi connectivity index (χ2v) is 1.48. The van der Waals surface area contributed by atoms with Crippen molar-refractivity contribution in [3.8, 4) is 0 Å². The van der Waals surface area contributed by atoms with E-state index in [4.69, 9.17) is 0 Å². The van der Waals surface area contributed by atoms with Crippen molar-refractivity contribution in [2.75, 3.05) is 0 Å². The van der Waals surface area contributed by atoms with Gasteiger partial charge in [0.1, 0.15) is 0 Å². The van der Waals surface area contributed by atoms with Crippen molar-refractivity contribution in [3.05, 3.63) is 12.7 Å². The van der Waals surface area contributed by atoms with Crippen LogP contribution in [0.4, 0.5) is 0 Å². The second-order valence-electron chi connectivity index (χ2n) is 1.48. The molecule has 0 aliphatic carbocycles. The molecule has 0 nitrogen and oxygen atoms in total. The summed E-state index contributed by atoms with van der Waals surface area (Å²) >= 11 is 0. The molecule has 58 valence electrons. The summed E-state index contributed by atoms with van der Waals surface area (Å²) in [5, 5.41) is 0. The third kappa shape index (κ3) is 56.6. The molecule has 9 heavy (non-hydrogen) atoms. The first-order chi connectivity index (χ1) is 2.27. The van der Waals surface area contributed by atoms with Crippen molar-refractivity contribution >= 4 is 23.9 Å². The van der Waals surface area contributed by atoms with Gasteiger partial charge in [-0.05, 0) is 5.92 Å². The van der Waals surface area contributed by atoms with Crippen LogP contribution in [0, 0.1) is 5.92 Å². The van der Waals surface area contributed by atoms with E-state index < -0.39 is 0 Å². The summed E-state index contributed by atoms with van der Waals surface area (Å²) in [6.45, 7) is 7.77. The van der Waals surface area contributed by atoms with Crippen LogP contribution < -0.4 is 0 Å². The van der Waals surface area contributed by atoms with Crippen molar-refractivity contribution in [3.63, 3.8) is 0 Å². The standard InChI is InChI=1S/C5H10.3CH4.Sn/c1-4-5(2)3;;;;/h4-5H,1H2,2-3H3;3*1H4;. The zero-order valence-corrected chi connectivity index (χ0v) is 7.22. The largest absolute Gasteiger partial charge is 0.103 e. The molecule has 0 heterocycles. The van der Waals surface area contributed by atoms with Crippen LogP contribution in [0.2, 0.25) is 0 Å². The van der Waals surface area contributed by atoms with Gasteiger partial charge in [0.05, 0.1) is 0 Å². The molecule has 0 saturated heterocycles. The Kier molecular flexibility index (Phi) is 88.4. The molecule has 0 N–H and O–H groups in total. The molecule has 0 aromatic carbocycles. The van der Waals surface area contributed by atoms with E-state index in [0.717, 1.165) is 0 Å². The number of allylic oxidation sites excluding steroid dienone is 1. The Morgan fingerprint density at radius 1 is 1.11 bits per heavy atom. The van der Waals surface area contributed by atoms with E-state index in [1.165, 1.54) is 0 Å². The molecule has 0 atom stereocenters. The Balaban J connectivity index is -0.0000000133. The van der Waals surface area contributed by atoms with E-state index in [-0.39, 0.29) is 46.2 Å². The predicted octanol–water partition coefficient (Wildman–Crippen LogP) is 3.36. The third-order valence-electron chi connectivity index (χ3n) is 0.471. The summed E-state index contributed by atoms with van der Waals surface area (Å²) in [5.74, 6) is 0.648. The van der Waals surface area contributed by atoms with Crippen molar-refractivity contribution < 1.29 is 0 Å². The minimum atomic E-state index is 0. The van der Waals surface area contributed by atoms with Crippen LogP contribution in [0.5, 0.6) is 0 Å². The molecule has 0 aliphatic heterocycles. The molecule has 0 aromatic heterocycles. The molecule has 0 bridgehead atoms. The van der Waals surface area contributed by atoms with Crippen LogP contribution in [0.15, 0.2) is 12.7 Å². The predicted molar refractivity (Wildman–Crippen MR) is 51.0 cm³/mol. The summed E-state index contributed by atoms with van der Waals surface area (Å²) in [7, 11) is 0. The Hall–Kier alpha value is 0.539. The van der Waals surface area contributed by atoms with E-state index >= 15 is 0 Å². The zero-order valence-electron chi connectivity index (χ0n) is 4.36. The number of rotatable bonds is 1. The molecular weight excluding hydrogens is 215 g/mol. The second kappa shape index (κ2) is 23.6. The number of hydrogen-bond acceptors (Lipinski definition) is 0. The Bertz CT molecular complexity index is 31.5. The minimum absolute atomic E-state index is 0. The third-order valence-corrected chi connectivity index (χ3v) is 0.471. The monoisotopic (exact) mass is 238 g/mol. The van der Waals surface area contributed by atoms with E-state index in [1.54, 1.807) is 0 Å². The van der Waals surface area contributed by atoms with Gasteiger partial charge in [0.25, 0.3) is 0 Å². The zero-order chi connectivity index (χ0) is 4.28. The van der Waals surface area contributed by atoms with Crippen LogP contribution >= 0.6 is 0 Å². The van der Waals surface area contributed by atoms with Crippen LogP contribution in [0.25, 0.3) is 0 Å². The van der Waals surface area contributed by atoms with E-state index in [9.17, 15) is 0 Å². The molecule has 0 saturated carbocycles. The van der Waals surface area contributed by atoms with Gasteiger partial charge in [0.15, 0.2) is 0 Å². The molecule has 0 spiro atoms. The first kappa shape index (κ1) is 33.8. The van der Waals surface area contributed by atoms with Gasteiger partial charge in [-0.15, -0.1) is 6.58 Å². The molecular formula is C8H22Sn. The number of hydrogen-bond donors (Lipinski definition) is 0. The molecule has 1 heteroatoms. The van der Waals surface area contributed by atoms with E-state index in [0.29, 0.717) is 5.92 Å². The average molecular weight is 237 g/mol. The van der Waals surface area contributed by atoms with E-state index in [2.05, 4.69) is 20.4 Å². The molecule has 0 aliphatic rings. The summed E-state index contributed by atoms with van der Waals surface area (Å²) in [5.41, 5.74) is 0. The van der Waals surface area contributed by atoms with Gasteiger partial charge in [0.2, 0.25) is 0 Å². The normalized spacial score (nSPS) is 4.78. The smallest absolute Gasteiger partial charge is 0 e. The quantitative estimate of drug-likeness (QED) is 0.484. The maximum atomic E-state index is 3.56. The average Bonchev–Trinajstić information content (AvgIpc) is 1.38. The van der Waals surface area contributed by atoms with Gasteiger partial charge in [-0.25, -0.2) is 0 Å². The summed E-state index contributed by atoms with van der Waals surface area (Å²) in [6.07, 6.45) is 1.92. The fourth-order valence-corrected chi connectivity index (χ4v) is 0. The molecule has 0 rings (SSSR count). The molecule has 0 fully saturated rings. The van der Waals surface area contributed by atoms with E-state index in [1.807, 2.05) is 6.08 Å². The van der Waals surface area contributed by atoms with Gasteiger partial charge < -0.3 is 0 Å². The van der Waals surface area contributed by atoms with Gasteiger partial charge in [0, 0.05) is 23.9 Å². The van der Waals surface area contributed by atoms with Gasteiger partial charge in [-0.2, -0.15) is 0 Å². The fraction of sp³-hybridized carbons (Fsp3) is 0.750. The van der Waals surface area contributed by atoms with Crippen LogP contribution in [-0.2, 0) is 0 Å². The maximum absolute atomic E-state index is 3.56. The molecule has 0 aromatic rings. The Labute approximate surface area is 78.7 Å². The minimum Gasteiger partial charge on any atom is -0.103 e. The topological polar surface area (TPSA) is 0 Å². The molecule has 0 unspecified atom stereocenters. The maximum Gasteiger partial charge on any atom is 0 e. The SMILES string of the molecule is C.C.C.C=CC(C)C.[Sn]. The van der Waals surface area contributed by atoms with Crippen molar-refractivity contribution in [2.24, 2.45) is 5.92 Å². The fourth-order valence-electron chi connectivity index (χ4n) is 0. The van der Waals surface area contributed by atoms with Gasteiger partial charge >= 0.3 is 0 Å². The summed E-state index contributed by atoms with van der Waals surface area (Å²) in [6, 6.07) is 0. The first-order valence-corrected chi connectivity index (χ1v) is 1.90. The summed E-state index contributed by atoms with van der Waals surface area (Å²) in [4.78, 5) is 0. The van der Waals surface area contributed by atoms with Crippen LogP contribution in [0.1, 0.15) is 36.1 Å². The van der Waals surface area contributed by atoms with Crippen LogP contribution in [-0.4, -0.2) is 23.9 Å². The van der Waals surface area contributed by atoms with Gasteiger partial charge in [-0.3, -0.25) is 0 Å². The van der Waals surface area contributed by atoms with Gasteiger partial charge in [-0.1, -0.05) is 42.2 Å². The first-order valence-electron chi connectivity index (χ1n) is 1.90. The van der Waals surface area contributed by atoms with Crippen LogP contribution in [0.3, 0.4) is 0 Å². The van der Waals surface area contributed by atoms with Crippen molar-refractivity contribution in [2.45, 2.75) is 36.1 Å². The van der Waals surface area contributed by atoms with Crippen molar-refractivity contribution in [1.82, 2.24) is 0 Å². The molecule has 4 radical (unpaired) electrons. The molecule has 0 amide bonds.